The van der Waals surface area contributed by atoms with Crippen molar-refractivity contribution in [1.29, 1.82) is 0 Å². The molecule has 2 aromatic rings. The van der Waals surface area contributed by atoms with Crippen molar-refractivity contribution in [2.45, 2.75) is 26.7 Å². The van der Waals surface area contributed by atoms with Crippen LogP contribution in [-0.2, 0) is 0 Å². The van der Waals surface area contributed by atoms with Crippen LogP contribution in [0.5, 0.6) is 0 Å². The Bertz CT molecular complexity index is 592. The summed E-state index contributed by atoms with van der Waals surface area (Å²) in [6, 6.07) is 7.48. The molecule has 0 unspecified atom stereocenters. The third-order valence-corrected chi connectivity index (χ3v) is 3.65. The Morgan fingerprint density at radius 1 is 1.35 bits per heavy atom. The zero-order valence-corrected chi connectivity index (χ0v) is 12.8. The first-order valence-electron chi connectivity index (χ1n) is 6.71. The Hall–Kier alpha value is -1.88. The summed E-state index contributed by atoms with van der Waals surface area (Å²) in [6.45, 7) is 6.95. The number of rotatable bonds is 5. The maximum absolute atomic E-state index is 12.3. The van der Waals surface area contributed by atoms with Crippen LogP contribution in [0.2, 0.25) is 0 Å². The molecule has 0 spiro atoms. The molecule has 106 valence electrons. The number of para-hydroxylation sites is 1. The molecule has 0 aliphatic rings. The fourth-order valence-electron chi connectivity index (χ4n) is 1.80. The SMILES string of the molecule is CCNc1ccccc1C(=O)Nc1nc(C(C)C)cs1. The highest BCUT2D eigenvalue weighted by Crippen LogP contribution is 2.23. The van der Waals surface area contributed by atoms with E-state index in [2.05, 4.69) is 29.5 Å². The molecular weight excluding hydrogens is 270 g/mol. The lowest BCUT2D eigenvalue weighted by atomic mass is 10.1. The first kappa shape index (κ1) is 14.5. The predicted molar refractivity (Wildman–Crippen MR) is 84.8 cm³/mol. The van der Waals surface area contributed by atoms with Crippen LogP contribution in [0.4, 0.5) is 10.8 Å². The highest BCUT2D eigenvalue weighted by molar-refractivity contribution is 7.14. The molecule has 4 nitrogen and oxygen atoms in total. The van der Waals surface area contributed by atoms with Crippen molar-refractivity contribution in [1.82, 2.24) is 4.98 Å². The summed E-state index contributed by atoms with van der Waals surface area (Å²) in [5.74, 6) is 0.233. The number of carbonyl (C=O) groups is 1. The van der Waals surface area contributed by atoms with Crippen molar-refractivity contribution in [2.24, 2.45) is 0 Å². The van der Waals surface area contributed by atoms with Crippen LogP contribution in [0.25, 0.3) is 0 Å². The van der Waals surface area contributed by atoms with Gasteiger partial charge in [-0.15, -0.1) is 11.3 Å². The highest BCUT2D eigenvalue weighted by atomic mass is 32.1. The largest absolute Gasteiger partial charge is 0.385 e. The molecule has 1 aromatic heterocycles. The van der Waals surface area contributed by atoms with Crippen molar-refractivity contribution in [3.05, 3.63) is 40.9 Å². The van der Waals surface area contributed by atoms with Crippen molar-refractivity contribution in [2.75, 3.05) is 17.2 Å². The second-order valence-electron chi connectivity index (χ2n) is 4.76. The normalized spacial score (nSPS) is 10.6. The molecule has 2 N–H and O–H groups in total. The lowest BCUT2D eigenvalue weighted by molar-refractivity contribution is 0.102. The molecule has 0 atom stereocenters. The van der Waals surface area contributed by atoms with E-state index in [4.69, 9.17) is 0 Å². The van der Waals surface area contributed by atoms with Crippen molar-refractivity contribution in [3.8, 4) is 0 Å². The van der Waals surface area contributed by atoms with Gasteiger partial charge in [0.2, 0.25) is 0 Å². The Morgan fingerprint density at radius 3 is 2.75 bits per heavy atom. The number of hydrogen-bond acceptors (Lipinski definition) is 4. The monoisotopic (exact) mass is 289 g/mol. The third kappa shape index (κ3) is 3.36. The van der Waals surface area contributed by atoms with Crippen LogP contribution in [0.3, 0.4) is 0 Å². The number of thiazole rings is 1. The molecule has 0 aliphatic carbocycles. The number of anilines is 2. The van der Waals surface area contributed by atoms with Crippen LogP contribution < -0.4 is 10.6 Å². The second kappa shape index (κ2) is 6.52. The quantitative estimate of drug-likeness (QED) is 0.876. The van der Waals surface area contributed by atoms with E-state index in [9.17, 15) is 4.79 Å². The van der Waals surface area contributed by atoms with Gasteiger partial charge in [0.15, 0.2) is 5.13 Å². The molecule has 1 amide bonds. The number of nitrogens with zero attached hydrogens (tertiary/aromatic N) is 1. The molecule has 5 heteroatoms. The summed E-state index contributed by atoms with van der Waals surface area (Å²) in [4.78, 5) is 16.7. The van der Waals surface area contributed by atoms with E-state index in [0.29, 0.717) is 16.6 Å². The van der Waals surface area contributed by atoms with Crippen molar-refractivity contribution < 1.29 is 4.79 Å². The lowest BCUT2D eigenvalue weighted by Gasteiger charge is -2.09. The van der Waals surface area contributed by atoms with Gasteiger partial charge in [-0.25, -0.2) is 4.98 Å². The minimum Gasteiger partial charge on any atom is -0.385 e. The number of carbonyl (C=O) groups excluding carboxylic acids is 1. The van der Waals surface area contributed by atoms with Gasteiger partial charge in [-0.05, 0) is 25.0 Å². The summed E-state index contributed by atoms with van der Waals surface area (Å²) >= 11 is 1.46. The molecular formula is C15H19N3OS. The number of hydrogen-bond donors (Lipinski definition) is 2. The summed E-state index contributed by atoms with van der Waals surface area (Å²) in [5, 5.41) is 8.68. The standard InChI is InChI=1S/C15H19N3OS/c1-4-16-12-8-6-5-7-11(12)14(19)18-15-17-13(9-20-15)10(2)3/h5-10,16H,4H2,1-3H3,(H,17,18,19). The minimum absolute atomic E-state index is 0.133. The van der Waals surface area contributed by atoms with E-state index in [-0.39, 0.29) is 5.91 Å². The average Bonchev–Trinajstić information content (AvgIpc) is 2.88. The Labute approximate surface area is 123 Å². The van der Waals surface area contributed by atoms with Gasteiger partial charge in [0, 0.05) is 17.6 Å². The predicted octanol–water partition coefficient (Wildman–Crippen LogP) is 3.95. The van der Waals surface area contributed by atoms with Crippen LogP contribution in [0, 0.1) is 0 Å². The number of amides is 1. The lowest BCUT2D eigenvalue weighted by Crippen LogP contribution is -2.14. The third-order valence-electron chi connectivity index (χ3n) is 2.87. The summed E-state index contributed by atoms with van der Waals surface area (Å²) < 4.78 is 0. The number of aromatic nitrogens is 1. The van der Waals surface area contributed by atoms with Crippen LogP contribution in [0.15, 0.2) is 29.6 Å². The van der Waals surface area contributed by atoms with Crippen molar-refractivity contribution >= 4 is 28.1 Å². The molecule has 0 bridgehead atoms. The molecule has 0 fully saturated rings. The molecule has 2 rings (SSSR count). The molecule has 0 radical (unpaired) electrons. The molecule has 0 saturated carbocycles. The van der Waals surface area contributed by atoms with Crippen LogP contribution in [-0.4, -0.2) is 17.4 Å². The second-order valence-corrected chi connectivity index (χ2v) is 5.62. The zero-order chi connectivity index (χ0) is 14.5. The van der Waals surface area contributed by atoms with Gasteiger partial charge in [0.1, 0.15) is 0 Å². The zero-order valence-electron chi connectivity index (χ0n) is 11.9. The maximum Gasteiger partial charge on any atom is 0.259 e. The molecule has 1 heterocycles. The topological polar surface area (TPSA) is 54.0 Å². The smallest absolute Gasteiger partial charge is 0.259 e. The van der Waals surface area contributed by atoms with Crippen LogP contribution >= 0.6 is 11.3 Å². The van der Waals surface area contributed by atoms with E-state index < -0.39 is 0 Å². The number of benzene rings is 1. The Morgan fingerprint density at radius 2 is 2.10 bits per heavy atom. The Balaban J connectivity index is 2.15. The van der Waals surface area contributed by atoms with E-state index in [1.54, 1.807) is 0 Å². The van der Waals surface area contributed by atoms with E-state index in [1.807, 2.05) is 36.6 Å². The van der Waals surface area contributed by atoms with Gasteiger partial charge in [-0.1, -0.05) is 26.0 Å². The van der Waals surface area contributed by atoms with Gasteiger partial charge >= 0.3 is 0 Å². The van der Waals surface area contributed by atoms with E-state index in [1.165, 1.54) is 11.3 Å². The summed E-state index contributed by atoms with van der Waals surface area (Å²) in [7, 11) is 0. The number of nitrogens with one attached hydrogen (secondary N) is 2. The molecule has 0 saturated heterocycles. The fourth-order valence-corrected chi connectivity index (χ4v) is 2.67. The van der Waals surface area contributed by atoms with E-state index >= 15 is 0 Å². The first-order chi connectivity index (χ1) is 9.61. The average molecular weight is 289 g/mol. The molecule has 1 aromatic carbocycles. The van der Waals surface area contributed by atoms with Gasteiger partial charge in [0.05, 0.1) is 11.3 Å². The van der Waals surface area contributed by atoms with Gasteiger partial charge in [-0.2, -0.15) is 0 Å². The maximum atomic E-state index is 12.3. The molecule has 0 aliphatic heterocycles. The van der Waals surface area contributed by atoms with E-state index in [0.717, 1.165) is 17.9 Å². The first-order valence-corrected chi connectivity index (χ1v) is 7.59. The van der Waals surface area contributed by atoms with Crippen LogP contribution in [0.1, 0.15) is 42.7 Å². The Kier molecular flexibility index (Phi) is 4.74. The van der Waals surface area contributed by atoms with Gasteiger partial charge < -0.3 is 5.32 Å². The fraction of sp³-hybridized carbons (Fsp3) is 0.333. The van der Waals surface area contributed by atoms with Crippen molar-refractivity contribution in [3.63, 3.8) is 0 Å². The summed E-state index contributed by atoms with van der Waals surface area (Å²) in [5.41, 5.74) is 2.48. The van der Waals surface area contributed by atoms with Gasteiger partial charge in [0.25, 0.3) is 5.91 Å². The molecule has 20 heavy (non-hydrogen) atoms. The van der Waals surface area contributed by atoms with Gasteiger partial charge in [-0.3, -0.25) is 10.1 Å². The summed E-state index contributed by atoms with van der Waals surface area (Å²) in [6.07, 6.45) is 0. The highest BCUT2D eigenvalue weighted by Gasteiger charge is 2.13. The minimum atomic E-state index is -0.133.